The molecule has 29 heavy (non-hydrogen) atoms. The van der Waals surface area contributed by atoms with Gasteiger partial charge in [0.2, 0.25) is 0 Å². The number of nitrogens with one attached hydrogen (secondary N) is 2. The van der Waals surface area contributed by atoms with Crippen molar-refractivity contribution in [3.8, 4) is 11.5 Å². The number of nitrogens with zero attached hydrogens (tertiary/aromatic N) is 1. The van der Waals surface area contributed by atoms with Gasteiger partial charge in [-0.3, -0.25) is 4.79 Å². The van der Waals surface area contributed by atoms with Crippen molar-refractivity contribution < 1.29 is 24.2 Å². The first-order valence-electron chi connectivity index (χ1n) is 8.28. The second-order valence-electron chi connectivity index (χ2n) is 5.82. The van der Waals surface area contributed by atoms with Crippen LogP contribution in [-0.2, 0) is 4.79 Å². The summed E-state index contributed by atoms with van der Waals surface area (Å²) in [6.45, 7) is 1.93. The first-order valence-corrected chi connectivity index (χ1v) is 9.86. The number of carboxylic acid groups (broad SMARTS) is 1. The van der Waals surface area contributed by atoms with Gasteiger partial charge in [0.15, 0.2) is 11.5 Å². The second kappa shape index (κ2) is 10.3. The molecule has 0 aliphatic heterocycles. The van der Waals surface area contributed by atoms with Crippen molar-refractivity contribution in [3.05, 3.63) is 49.9 Å². The highest BCUT2D eigenvalue weighted by atomic mass is 79.9. The maximum Gasteiger partial charge on any atom is 0.340 e. The lowest BCUT2D eigenvalue weighted by Gasteiger charge is -2.12. The van der Waals surface area contributed by atoms with Gasteiger partial charge < -0.3 is 19.9 Å². The molecule has 0 atom stereocenters. The van der Waals surface area contributed by atoms with Crippen LogP contribution in [-0.4, -0.2) is 44.0 Å². The molecule has 2 rings (SSSR count). The molecular formula is C19H19Br2N3O5. The Morgan fingerprint density at radius 1 is 1.17 bits per heavy atom. The van der Waals surface area contributed by atoms with Crippen LogP contribution in [0.4, 0.5) is 5.69 Å². The molecule has 0 fully saturated rings. The molecular weight excluding hydrogens is 510 g/mol. The first-order chi connectivity index (χ1) is 13.8. The number of aromatic carboxylic acids is 1. The third-order valence-electron chi connectivity index (χ3n) is 3.80. The average Bonchev–Trinajstić information content (AvgIpc) is 2.66. The maximum atomic E-state index is 12.1. The van der Waals surface area contributed by atoms with E-state index in [0.717, 1.165) is 20.2 Å². The number of aryl methyl sites for hydroxylation is 1. The van der Waals surface area contributed by atoms with Crippen LogP contribution in [0.25, 0.3) is 0 Å². The highest BCUT2D eigenvalue weighted by molar-refractivity contribution is 9.11. The fraction of sp³-hybridized carbons (Fsp3) is 0.211. The molecule has 8 nitrogen and oxygen atoms in total. The number of carboxylic acids is 1. The van der Waals surface area contributed by atoms with Gasteiger partial charge in [-0.25, -0.2) is 10.2 Å². The van der Waals surface area contributed by atoms with E-state index < -0.39 is 11.9 Å². The van der Waals surface area contributed by atoms with E-state index in [9.17, 15) is 14.7 Å². The number of amides is 1. The number of methoxy groups -OCH3 is 2. The molecule has 0 heterocycles. The van der Waals surface area contributed by atoms with Crippen LogP contribution < -0.4 is 20.2 Å². The lowest BCUT2D eigenvalue weighted by Crippen LogP contribution is -2.26. The molecule has 0 aliphatic carbocycles. The number of carbonyl (C=O) groups excluding carboxylic acids is 1. The minimum absolute atomic E-state index is 0.0324. The summed E-state index contributed by atoms with van der Waals surface area (Å²) in [5.74, 6) is -1.25. The summed E-state index contributed by atoms with van der Waals surface area (Å²) < 4.78 is 11.9. The summed E-state index contributed by atoms with van der Waals surface area (Å²) in [5.41, 5.74) is 4.30. The van der Waals surface area contributed by atoms with Crippen molar-refractivity contribution >= 4 is 55.6 Å². The fourth-order valence-electron chi connectivity index (χ4n) is 2.52. The van der Waals surface area contributed by atoms with Crippen LogP contribution in [0.15, 0.2) is 38.3 Å². The Labute approximate surface area is 184 Å². The predicted octanol–water partition coefficient (Wildman–Crippen LogP) is 3.80. The van der Waals surface area contributed by atoms with E-state index in [0.29, 0.717) is 0 Å². The topological polar surface area (TPSA) is 109 Å². The molecule has 0 spiro atoms. The summed E-state index contributed by atoms with van der Waals surface area (Å²) in [6, 6.07) is 6.92. The van der Waals surface area contributed by atoms with Crippen molar-refractivity contribution in [3.63, 3.8) is 0 Å². The molecule has 0 saturated heterocycles. The SMILES string of the molecule is COc1ccc(/C=N\NC(=O)CNc2c(Br)cc(C)cc2Br)c(C(=O)O)c1OC. The average molecular weight is 529 g/mol. The molecule has 0 aliphatic rings. The van der Waals surface area contributed by atoms with Gasteiger partial charge in [0.25, 0.3) is 5.91 Å². The number of anilines is 1. The highest BCUT2D eigenvalue weighted by Crippen LogP contribution is 2.33. The van der Waals surface area contributed by atoms with Gasteiger partial charge in [0.1, 0.15) is 5.56 Å². The standard InChI is InChI=1S/C19H19Br2N3O5/c1-10-6-12(20)17(13(21)7-10)22-9-15(25)24-23-8-11-4-5-14(28-2)18(29-3)16(11)19(26)27/h4-8,22H,9H2,1-3H3,(H,24,25)(H,26,27)/b23-8-. The molecule has 0 saturated carbocycles. The number of carbonyl (C=O) groups is 2. The van der Waals surface area contributed by atoms with Crippen LogP contribution in [0.2, 0.25) is 0 Å². The molecule has 0 bridgehead atoms. The van der Waals surface area contributed by atoms with Gasteiger partial charge in [0.05, 0.1) is 32.7 Å². The maximum absolute atomic E-state index is 12.1. The van der Waals surface area contributed by atoms with Crippen LogP contribution in [0, 0.1) is 6.92 Å². The Bertz CT molecular complexity index is 940. The number of ether oxygens (including phenoxy) is 2. The largest absolute Gasteiger partial charge is 0.493 e. The van der Waals surface area contributed by atoms with E-state index in [2.05, 4.69) is 47.7 Å². The van der Waals surface area contributed by atoms with Crippen LogP contribution >= 0.6 is 31.9 Å². The van der Waals surface area contributed by atoms with Crippen LogP contribution in [0.5, 0.6) is 11.5 Å². The molecule has 0 aromatic heterocycles. The van der Waals surface area contributed by atoms with E-state index in [1.807, 2.05) is 19.1 Å². The van der Waals surface area contributed by atoms with Crippen molar-refractivity contribution in [2.75, 3.05) is 26.1 Å². The van der Waals surface area contributed by atoms with Crippen LogP contribution in [0.3, 0.4) is 0 Å². The predicted molar refractivity (Wildman–Crippen MR) is 117 cm³/mol. The van der Waals surface area contributed by atoms with Gasteiger partial charge in [0, 0.05) is 14.5 Å². The molecule has 154 valence electrons. The number of halogens is 2. The number of hydrazone groups is 1. The van der Waals surface area contributed by atoms with E-state index >= 15 is 0 Å². The van der Waals surface area contributed by atoms with Gasteiger partial charge in [-0.2, -0.15) is 5.10 Å². The van der Waals surface area contributed by atoms with E-state index in [1.165, 1.54) is 26.5 Å². The minimum atomic E-state index is -1.20. The van der Waals surface area contributed by atoms with Gasteiger partial charge in [-0.1, -0.05) is 0 Å². The number of rotatable bonds is 8. The third-order valence-corrected chi connectivity index (χ3v) is 5.05. The zero-order valence-electron chi connectivity index (χ0n) is 15.9. The fourth-order valence-corrected chi connectivity index (χ4v) is 4.22. The smallest absolute Gasteiger partial charge is 0.340 e. The number of benzene rings is 2. The third kappa shape index (κ3) is 5.70. The zero-order valence-corrected chi connectivity index (χ0v) is 19.0. The van der Waals surface area contributed by atoms with Crippen molar-refractivity contribution in [1.29, 1.82) is 0 Å². The molecule has 3 N–H and O–H groups in total. The van der Waals surface area contributed by atoms with Crippen molar-refractivity contribution in [1.82, 2.24) is 5.43 Å². The Balaban J connectivity index is 2.08. The second-order valence-corrected chi connectivity index (χ2v) is 7.53. The number of hydrogen-bond acceptors (Lipinski definition) is 6. The van der Waals surface area contributed by atoms with Gasteiger partial charge in [-0.15, -0.1) is 0 Å². The van der Waals surface area contributed by atoms with Gasteiger partial charge in [-0.05, 0) is 68.6 Å². The quantitative estimate of drug-likeness (QED) is 0.355. The molecule has 2 aromatic carbocycles. The normalized spacial score (nSPS) is 10.7. The van der Waals surface area contributed by atoms with Crippen molar-refractivity contribution in [2.24, 2.45) is 5.10 Å². The Hall–Kier alpha value is -2.59. The van der Waals surface area contributed by atoms with E-state index in [4.69, 9.17) is 9.47 Å². The lowest BCUT2D eigenvalue weighted by atomic mass is 10.1. The van der Waals surface area contributed by atoms with Crippen LogP contribution in [0.1, 0.15) is 21.5 Å². The molecule has 10 heteroatoms. The monoisotopic (exact) mass is 527 g/mol. The lowest BCUT2D eigenvalue weighted by molar-refractivity contribution is -0.119. The van der Waals surface area contributed by atoms with Crippen molar-refractivity contribution in [2.45, 2.75) is 6.92 Å². The van der Waals surface area contributed by atoms with E-state index in [-0.39, 0.29) is 29.2 Å². The Kier molecular flexibility index (Phi) is 8.03. The summed E-state index contributed by atoms with van der Waals surface area (Å²) in [5, 5.41) is 16.3. The molecule has 1 amide bonds. The summed E-state index contributed by atoms with van der Waals surface area (Å²) >= 11 is 6.89. The van der Waals surface area contributed by atoms with Gasteiger partial charge >= 0.3 is 5.97 Å². The first kappa shape index (κ1) is 22.7. The number of hydrogen-bond donors (Lipinski definition) is 3. The highest BCUT2D eigenvalue weighted by Gasteiger charge is 2.20. The molecule has 0 radical (unpaired) electrons. The molecule has 2 aromatic rings. The molecule has 0 unspecified atom stereocenters. The Morgan fingerprint density at radius 3 is 2.38 bits per heavy atom. The summed E-state index contributed by atoms with van der Waals surface area (Å²) in [6.07, 6.45) is 1.24. The Morgan fingerprint density at radius 2 is 1.83 bits per heavy atom. The minimum Gasteiger partial charge on any atom is -0.493 e. The zero-order chi connectivity index (χ0) is 21.6. The van der Waals surface area contributed by atoms with E-state index in [1.54, 1.807) is 6.07 Å². The summed E-state index contributed by atoms with van der Waals surface area (Å²) in [4.78, 5) is 23.7. The summed E-state index contributed by atoms with van der Waals surface area (Å²) in [7, 11) is 2.76.